The van der Waals surface area contributed by atoms with Crippen molar-refractivity contribution in [3.05, 3.63) is 0 Å². The average Bonchev–Trinajstić information content (AvgIpc) is 3.93. The number of hydrogen-bond acceptors (Lipinski definition) is 15. The number of nitrogens with two attached hydrogens (primary N) is 4. The molecule has 0 aromatic rings. The number of hydrogen-bond donors (Lipinski definition) is 13. The van der Waals surface area contributed by atoms with Crippen LogP contribution in [0.5, 0.6) is 0 Å². The number of rotatable bonds is 27. The topological polar surface area (TPSA) is 448 Å². The fraction of sp³-hybridized carbons (Fsp3) is 0.700. The molecule has 0 unspecified atom stereocenters. The number of carboxylic acids is 1. The minimum absolute atomic E-state index is 0.0222. The van der Waals surface area contributed by atoms with Gasteiger partial charge in [0.25, 0.3) is 0 Å². The lowest BCUT2D eigenvalue weighted by Gasteiger charge is -2.34. The molecule has 376 valence electrons. The Morgan fingerprint density at radius 3 is 1.70 bits per heavy atom. The molecule has 2 heterocycles. The van der Waals surface area contributed by atoms with Crippen LogP contribution in [0.4, 0.5) is 0 Å². The van der Waals surface area contributed by atoms with E-state index in [9.17, 15) is 72.9 Å². The van der Waals surface area contributed by atoms with E-state index in [2.05, 4.69) is 31.9 Å². The van der Waals surface area contributed by atoms with Gasteiger partial charge in [-0.1, -0.05) is 13.8 Å². The first-order chi connectivity index (χ1) is 31.2. The number of carbonyl (C=O) groups excluding carboxylic acids is 11. The van der Waals surface area contributed by atoms with Crippen molar-refractivity contribution in [3.8, 4) is 0 Å². The summed E-state index contributed by atoms with van der Waals surface area (Å²) in [6.07, 6.45) is -3.82. The van der Waals surface area contributed by atoms with Gasteiger partial charge >= 0.3 is 5.97 Å². The Bertz CT molecular complexity index is 1860. The van der Waals surface area contributed by atoms with E-state index in [0.29, 0.717) is 12.8 Å². The Hall–Kier alpha value is -6.48. The smallest absolute Gasteiger partial charge is 0.328 e. The lowest BCUT2D eigenvalue weighted by atomic mass is 10.0. The van der Waals surface area contributed by atoms with Crippen molar-refractivity contribution in [2.24, 2.45) is 28.9 Å². The van der Waals surface area contributed by atoms with Gasteiger partial charge in [-0.25, -0.2) is 4.79 Å². The molecule has 11 amide bonds. The third kappa shape index (κ3) is 18.0. The third-order valence-corrected chi connectivity index (χ3v) is 10.9. The van der Waals surface area contributed by atoms with Crippen LogP contribution < -0.4 is 54.8 Å². The van der Waals surface area contributed by atoms with E-state index in [1.165, 1.54) is 16.7 Å². The summed E-state index contributed by atoms with van der Waals surface area (Å²) >= 11 is 0. The van der Waals surface area contributed by atoms with Crippen molar-refractivity contribution in [1.29, 1.82) is 0 Å². The number of aliphatic hydroxyl groups is 2. The highest BCUT2D eigenvalue weighted by atomic mass is 16.4. The third-order valence-electron chi connectivity index (χ3n) is 10.9. The molecule has 0 aromatic heterocycles. The molecular formula is C40H66N12O15. The van der Waals surface area contributed by atoms with Crippen LogP contribution in [0.15, 0.2) is 0 Å². The van der Waals surface area contributed by atoms with E-state index < -0.39 is 144 Å². The van der Waals surface area contributed by atoms with Gasteiger partial charge in [-0.3, -0.25) is 52.7 Å². The summed E-state index contributed by atoms with van der Waals surface area (Å²) < 4.78 is 0. The van der Waals surface area contributed by atoms with Crippen molar-refractivity contribution in [1.82, 2.24) is 41.7 Å². The second kappa shape index (κ2) is 26.6. The molecule has 0 radical (unpaired) electrons. The van der Waals surface area contributed by atoms with Crippen LogP contribution in [0.1, 0.15) is 91.9 Å². The highest BCUT2D eigenvalue weighted by Gasteiger charge is 2.45. The molecule has 0 bridgehead atoms. The number of carbonyl (C=O) groups is 12. The van der Waals surface area contributed by atoms with Crippen LogP contribution in [0.3, 0.4) is 0 Å². The van der Waals surface area contributed by atoms with Crippen molar-refractivity contribution in [2.45, 2.75) is 152 Å². The minimum Gasteiger partial charge on any atom is -0.480 e. The lowest BCUT2D eigenvalue weighted by Crippen LogP contribution is -2.61. The maximum atomic E-state index is 14.2. The zero-order valence-corrected chi connectivity index (χ0v) is 38.0. The molecule has 0 spiro atoms. The van der Waals surface area contributed by atoms with Gasteiger partial charge in [0.15, 0.2) is 6.04 Å². The van der Waals surface area contributed by atoms with E-state index in [-0.39, 0.29) is 64.0 Å². The van der Waals surface area contributed by atoms with Gasteiger partial charge in [0.2, 0.25) is 65.0 Å². The molecule has 2 aliphatic heterocycles. The summed E-state index contributed by atoms with van der Waals surface area (Å²) in [7, 11) is 0. The van der Waals surface area contributed by atoms with Crippen LogP contribution in [-0.4, -0.2) is 176 Å². The number of aliphatic carboxylic acids is 1. The van der Waals surface area contributed by atoms with E-state index in [0.717, 1.165) is 6.92 Å². The normalized spacial score (nSPS) is 19.3. The van der Waals surface area contributed by atoms with E-state index in [4.69, 9.17) is 22.9 Å². The fourth-order valence-electron chi connectivity index (χ4n) is 7.44. The Morgan fingerprint density at radius 2 is 1.16 bits per heavy atom. The van der Waals surface area contributed by atoms with Gasteiger partial charge in [-0.2, -0.15) is 0 Å². The van der Waals surface area contributed by atoms with Crippen molar-refractivity contribution >= 4 is 70.9 Å². The summed E-state index contributed by atoms with van der Waals surface area (Å²) in [5, 5.41) is 43.7. The van der Waals surface area contributed by atoms with Crippen molar-refractivity contribution < 1.29 is 72.9 Å². The van der Waals surface area contributed by atoms with Gasteiger partial charge in [-0.05, 0) is 64.7 Å². The zero-order valence-electron chi connectivity index (χ0n) is 38.0. The standard InChI is InChI=1S/C40H66N12O15/c1-18(2)15-24(38(64)52-14-6-8-26(52)39(65)51-13-5-7-25(51)36(62)50-32(20(4)54)40(66)67)48-37(63)31(19(3)53)49-35(61)23(16-29(44)57)46-30(58)17-45-34(60)22(10-12-28(43)56)47-33(59)21(41)9-11-27(42)55/h18-26,31-32,53-54H,5-17,41H2,1-4H3,(H2,42,55)(H2,43,56)(H2,44,57)(H,45,60)(H,46,58)(H,47,59)(H,48,63)(H,49,61)(H,50,62)(H,66,67)/t19-,20-,21+,22+,23+,24+,25+,26+,31+,32+/m1/s1. The number of amides is 11. The largest absolute Gasteiger partial charge is 0.480 e. The first-order valence-electron chi connectivity index (χ1n) is 21.8. The second-order valence-electron chi connectivity index (χ2n) is 17.0. The molecule has 2 saturated heterocycles. The van der Waals surface area contributed by atoms with Gasteiger partial charge in [0.1, 0.15) is 36.3 Å². The summed E-state index contributed by atoms with van der Waals surface area (Å²) in [5.41, 5.74) is 21.3. The van der Waals surface area contributed by atoms with Crippen LogP contribution in [0.25, 0.3) is 0 Å². The quantitative estimate of drug-likeness (QED) is 0.0364. The molecule has 2 rings (SSSR count). The summed E-state index contributed by atoms with van der Waals surface area (Å²) in [4.78, 5) is 156. The molecule has 27 nitrogen and oxygen atoms in total. The predicted octanol–water partition coefficient (Wildman–Crippen LogP) is -6.87. The molecule has 10 atom stereocenters. The number of nitrogens with zero attached hydrogens (tertiary/aromatic N) is 2. The van der Waals surface area contributed by atoms with Crippen LogP contribution >= 0.6 is 0 Å². The monoisotopic (exact) mass is 954 g/mol. The van der Waals surface area contributed by atoms with Gasteiger partial charge in [-0.15, -0.1) is 0 Å². The van der Waals surface area contributed by atoms with E-state index in [1.54, 1.807) is 13.8 Å². The molecule has 67 heavy (non-hydrogen) atoms. The summed E-state index contributed by atoms with van der Waals surface area (Å²) in [6, 6.07) is -11.4. The molecule has 0 aliphatic carbocycles. The first-order valence-corrected chi connectivity index (χ1v) is 21.8. The fourth-order valence-corrected chi connectivity index (χ4v) is 7.44. The van der Waals surface area contributed by atoms with Crippen LogP contribution in [0, 0.1) is 5.92 Å². The molecule has 0 aromatic carbocycles. The van der Waals surface area contributed by atoms with Gasteiger partial charge in [0.05, 0.1) is 31.2 Å². The maximum absolute atomic E-state index is 14.2. The number of aliphatic hydroxyl groups excluding tert-OH is 2. The highest BCUT2D eigenvalue weighted by Crippen LogP contribution is 2.26. The van der Waals surface area contributed by atoms with Crippen LogP contribution in [-0.2, 0) is 57.5 Å². The number of carboxylic acid groups (broad SMARTS) is 1. The Kier molecular flexibility index (Phi) is 22.5. The molecule has 2 fully saturated rings. The summed E-state index contributed by atoms with van der Waals surface area (Å²) in [5.74, 6) is -11.6. The molecule has 0 saturated carbocycles. The lowest BCUT2D eigenvalue weighted by molar-refractivity contribution is -0.149. The van der Waals surface area contributed by atoms with E-state index >= 15 is 0 Å². The predicted molar refractivity (Wildman–Crippen MR) is 231 cm³/mol. The molecular weight excluding hydrogens is 889 g/mol. The number of primary amides is 3. The number of likely N-dealkylation sites (tertiary alicyclic amines) is 2. The second-order valence-corrected chi connectivity index (χ2v) is 17.0. The molecule has 27 heteroatoms. The van der Waals surface area contributed by atoms with Crippen molar-refractivity contribution in [2.75, 3.05) is 19.6 Å². The van der Waals surface area contributed by atoms with Gasteiger partial charge in [0, 0.05) is 25.9 Å². The average molecular weight is 955 g/mol. The highest BCUT2D eigenvalue weighted by molar-refractivity contribution is 5.99. The van der Waals surface area contributed by atoms with E-state index in [1.807, 2.05) is 0 Å². The minimum atomic E-state index is -1.80. The Morgan fingerprint density at radius 1 is 0.612 bits per heavy atom. The van der Waals surface area contributed by atoms with Crippen molar-refractivity contribution in [3.63, 3.8) is 0 Å². The van der Waals surface area contributed by atoms with Crippen LogP contribution in [0.2, 0.25) is 0 Å². The molecule has 2 aliphatic rings. The zero-order chi connectivity index (χ0) is 50.9. The molecule has 17 N–H and O–H groups in total. The SMILES string of the molecule is CC(C)C[C@H](NC(=O)[C@@H](NC(=O)[C@H](CC(N)=O)NC(=O)CNC(=O)[C@H](CCC(N)=O)NC(=O)[C@@H](N)CCC(N)=O)[C@@H](C)O)C(=O)N1CCC[C@H]1C(=O)N1CCC[C@H]1C(=O)N[C@H](C(=O)O)[C@@H](C)O. The van der Waals surface area contributed by atoms with Gasteiger partial charge < -0.3 is 80.0 Å². The number of nitrogens with one attached hydrogen (secondary N) is 6. The maximum Gasteiger partial charge on any atom is 0.328 e. The Balaban J connectivity index is 2.20. The first kappa shape index (κ1) is 56.6. The Labute approximate surface area is 385 Å². The summed E-state index contributed by atoms with van der Waals surface area (Å²) in [6.45, 7) is 5.18.